The van der Waals surface area contributed by atoms with E-state index >= 15 is 0 Å². The summed E-state index contributed by atoms with van der Waals surface area (Å²) in [4.78, 5) is 11.2. The van der Waals surface area contributed by atoms with E-state index in [0.717, 1.165) is 6.07 Å². The number of carbonyl (C=O) groups excluding carboxylic acids is 1. The van der Waals surface area contributed by atoms with Gasteiger partial charge in [0.1, 0.15) is 11.6 Å². The summed E-state index contributed by atoms with van der Waals surface area (Å²) < 4.78 is 18.0. The molecular weight excluding hydrogens is 225 g/mol. The molecule has 2 N–H and O–H groups in total. The molecule has 0 saturated carbocycles. The first-order valence-corrected chi connectivity index (χ1v) is 5.07. The largest absolute Gasteiger partial charge is 0.483 e. The van der Waals surface area contributed by atoms with Crippen molar-refractivity contribution in [2.45, 2.75) is 6.61 Å². The lowest BCUT2D eigenvalue weighted by Crippen LogP contribution is -2.28. The Morgan fingerprint density at radius 1 is 1.59 bits per heavy atom. The highest BCUT2D eigenvalue weighted by molar-refractivity contribution is 5.77. The molecule has 0 aliphatic carbocycles. The molecule has 5 heteroatoms. The van der Waals surface area contributed by atoms with Crippen LogP contribution in [0, 0.1) is 5.82 Å². The number of amides is 1. The SMILES string of the molecule is C=CCNC(=O)COc1ccc(F)cc1CO. The second-order valence-corrected chi connectivity index (χ2v) is 3.29. The highest BCUT2D eigenvalue weighted by atomic mass is 19.1. The normalized spacial score (nSPS) is 9.76. The smallest absolute Gasteiger partial charge is 0.258 e. The van der Waals surface area contributed by atoms with E-state index in [9.17, 15) is 9.18 Å². The summed E-state index contributed by atoms with van der Waals surface area (Å²) in [5.41, 5.74) is 0.307. The number of hydrogen-bond donors (Lipinski definition) is 2. The van der Waals surface area contributed by atoms with Crippen molar-refractivity contribution in [3.05, 3.63) is 42.2 Å². The van der Waals surface area contributed by atoms with Gasteiger partial charge < -0.3 is 15.2 Å². The Labute approximate surface area is 98.7 Å². The van der Waals surface area contributed by atoms with E-state index in [4.69, 9.17) is 9.84 Å². The number of aliphatic hydroxyl groups is 1. The van der Waals surface area contributed by atoms with Crippen LogP contribution in [0.15, 0.2) is 30.9 Å². The number of benzene rings is 1. The number of ether oxygens (including phenoxy) is 1. The van der Waals surface area contributed by atoms with E-state index in [0.29, 0.717) is 17.9 Å². The third-order valence-corrected chi connectivity index (χ3v) is 2.00. The predicted octanol–water partition coefficient (Wildman–Crippen LogP) is 0.999. The Kier molecular flexibility index (Phi) is 5.16. The maximum atomic E-state index is 12.8. The molecule has 0 aliphatic heterocycles. The van der Waals surface area contributed by atoms with E-state index < -0.39 is 5.82 Å². The molecule has 0 atom stereocenters. The van der Waals surface area contributed by atoms with Gasteiger partial charge >= 0.3 is 0 Å². The van der Waals surface area contributed by atoms with E-state index in [-0.39, 0.29) is 19.1 Å². The monoisotopic (exact) mass is 239 g/mol. The fourth-order valence-electron chi connectivity index (χ4n) is 1.19. The molecule has 0 aromatic heterocycles. The van der Waals surface area contributed by atoms with E-state index in [2.05, 4.69) is 11.9 Å². The Morgan fingerprint density at radius 2 is 2.35 bits per heavy atom. The maximum absolute atomic E-state index is 12.8. The fourth-order valence-corrected chi connectivity index (χ4v) is 1.19. The van der Waals surface area contributed by atoms with Gasteiger partial charge in [-0.25, -0.2) is 4.39 Å². The molecule has 1 aromatic carbocycles. The minimum Gasteiger partial charge on any atom is -0.483 e. The minimum atomic E-state index is -0.461. The van der Waals surface area contributed by atoms with Crippen LogP contribution in [0.1, 0.15) is 5.56 Å². The van der Waals surface area contributed by atoms with Crippen molar-refractivity contribution >= 4 is 5.91 Å². The molecule has 1 rings (SSSR count). The van der Waals surface area contributed by atoms with Gasteiger partial charge in [-0.05, 0) is 18.2 Å². The van der Waals surface area contributed by atoms with Crippen molar-refractivity contribution in [3.63, 3.8) is 0 Å². The second kappa shape index (κ2) is 6.65. The number of carbonyl (C=O) groups is 1. The number of halogens is 1. The minimum absolute atomic E-state index is 0.188. The molecule has 1 aromatic rings. The molecule has 92 valence electrons. The molecule has 0 fully saturated rings. The zero-order chi connectivity index (χ0) is 12.7. The molecular formula is C12H14FNO3. The van der Waals surface area contributed by atoms with Crippen LogP contribution in [0.3, 0.4) is 0 Å². The molecule has 0 unspecified atom stereocenters. The van der Waals surface area contributed by atoms with Gasteiger partial charge in [-0.3, -0.25) is 4.79 Å². The average Bonchev–Trinajstić information content (AvgIpc) is 2.34. The van der Waals surface area contributed by atoms with Gasteiger partial charge in [-0.2, -0.15) is 0 Å². The molecule has 0 bridgehead atoms. The van der Waals surface area contributed by atoms with E-state index in [1.165, 1.54) is 12.1 Å². The van der Waals surface area contributed by atoms with Crippen LogP contribution in [-0.2, 0) is 11.4 Å². The number of aliphatic hydroxyl groups excluding tert-OH is 1. The Bertz CT molecular complexity index is 407. The van der Waals surface area contributed by atoms with Crippen LogP contribution in [0.4, 0.5) is 4.39 Å². The summed E-state index contributed by atoms with van der Waals surface area (Å²) in [6.45, 7) is 3.28. The van der Waals surface area contributed by atoms with Gasteiger partial charge in [0.25, 0.3) is 5.91 Å². The van der Waals surface area contributed by atoms with Gasteiger partial charge in [0, 0.05) is 12.1 Å². The average molecular weight is 239 g/mol. The zero-order valence-electron chi connectivity index (χ0n) is 9.28. The topological polar surface area (TPSA) is 58.6 Å². The molecule has 0 aliphatic rings. The van der Waals surface area contributed by atoms with Gasteiger partial charge in [0.15, 0.2) is 6.61 Å². The molecule has 17 heavy (non-hydrogen) atoms. The maximum Gasteiger partial charge on any atom is 0.258 e. The molecule has 0 spiro atoms. The molecule has 1 amide bonds. The van der Waals surface area contributed by atoms with Gasteiger partial charge in [0.05, 0.1) is 6.61 Å². The Morgan fingerprint density at radius 3 is 3.00 bits per heavy atom. The fraction of sp³-hybridized carbons (Fsp3) is 0.250. The number of rotatable bonds is 6. The summed E-state index contributed by atoms with van der Waals surface area (Å²) >= 11 is 0. The lowest BCUT2D eigenvalue weighted by molar-refractivity contribution is -0.122. The van der Waals surface area contributed by atoms with Crippen LogP contribution in [0.5, 0.6) is 5.75 Å². The summed E-state index contributed by atoms with van der Waals surface area (Å²) in [7, 11) is 0. The zero-order valence-corrected chi connectivity index (χ0v) is 9.28. The Balaban J connectivity index is 2.56. The van der Waals surface area contributed by atoms with E-state index in [1.54, 1.807) is 6.08 Å². The molecule has 0 heterocycles. The van der Waals surface area contributed by atoms with Crippen molar-refractivity contribution in [2.24, 2.45) is 0 Å². The lowest BCUT2D eigenvalue weighted by Gasteiger charge is -2.09. The van der Waals surface area contributed by atoms with Crippen LogP contribution in [0.25, 0.3) is 0 Å². The number of nitrogens with one attached hydrogen (secondary N) is 1. The first-order chi connectivity index (χ1) is 8.17. The summed E-state index contributed by atoms with van der Waals surface area (Å²) in [6, 6.07) is 3.74. The third kappa shape index (κ3) is 4.24. The first kappa shape index (κ1) is 13.2. The third-order valence-electron chi connectivity index (χ3n) is 2.00. The quantitative estimate of drug-likeness (QED) is 0.728. The number of hydrogen-bond acceptors (Lipinski definition) is 3. The first-order valence-electron chi connectivity index (χ1n) is 5.07. The molecule has 4 nitrogen and oxygen atoms in total. The van der Waals surface area contributed by atoms with Gasteiger partial charge in [-0.15, -0.1) is 6.58 Å². The van der Waals surface area contributed by atoms with E-state index in [1.807, 2.05) is 0 Å². The predicted molar refractivity (Wildman–Crippen MR) is 61.0 cm³/mol. The summed E-state index contributed by atoms with van der Waals surface area (Å²) in [6.07, 6.45) is 1.55. The Hall–Kier alpha value is -1.88. The second-order valence-electron chi connectivity index (χ2n) is 3.29. The van der Waals surface area contributed by atoms with Crippen LogP contribution in [-0.4, -0.2) is 24.2 Å². The highest BCUT2D eigenvalue weighted by Gasteiger charge is 2.06. The molecule has 0 saturated heterocycles. The van der Waals surface area contributed by atoms with Crippen LogP contribution < -0.4 is 10.1 Å². The van der Waals surface area contributed by atoms with Crippen LogP contribution in [0.2, 0.25) is 0 Å². The van der Waals surface area contributed by atoms with Crippen molar-refractivity contribution in [3.8, 4) is 5.75 Å². The van der Waals surface area contributed by atoms with Crippen molar-refractivity contribution in [1.82, 2.24) is 5.32 Å². The highest BCUT2D eigenvalue weighted by Crippen LogP contribution is 2.19. The van der Waals surface area contributed by atoms with Crippen molar-refractivity contribution in [1.29, 1.82) is 0 Å². The standard InChI is InChI=1S/C12H14FNO3/c1-2-5-14-12(16)8-17-11-4-3-10(13)6-9(11)7-15/h2-4,6,15H,1,5,7-8H2,(H,14,16). The van der Waals surface area contributed by atoms with Gasteiger partial charge in [-0.1, -0.05) is 6.08 Å². The van der Waals surface area contributed by atoms with Crippen molar-refractivity contribution in [2.75, 3.05) is 13.2 Å². The lowest BCUT2D eigenvalue weighted by atomic mass is 10.2. The van der Waals surface area contributed by atoms with Crippen LogP contribution >= 0.6 is 0 Å². The van der Waals surface area contributed by atoms with Gasteiger partial charge in [0.2, 0.25) is 0 Å². The summed E-state index contributed by atoms with van der Waals surface area (Å²) in [5, 5.41) is 11.5. The van der Waals surface area contributed by atoms with Crippen molar-refractivity contribution < 1.29 is 19.0 Å². The molecule has 0 radical (unpaired) electrons. The summed E-state index contributed by atoms with van der Waals surface area (Å²) in [5.74, 6) is -0.474.